The molecule has 0 saturated heterocycles. The minimum atomic E-state index is -3.23. The summed E-state index contributed by atoms with van der Waals surface area (Å²) in [6, 6.07) is 8.64. The molecule has 0 spiro atoms. The summed E-state index contributed by atoms with van der Waals surface area (Å²) in [7, 11) is 0. The molecule has 5 nitrogen and oxygen atoms in total. The number of carbonyl (C=O) groups excluding carboxylic acids is 3. The zero-order valence-corrected chi connectivity index (χ0v) is 22.1. The molecule has 0 radical (unpaired) electrons. The van der Waals surface area contributed by atoms with E-state index in [2.05, 4.69) is 20.8 Å². The van der Waals surface area contributed by atoms with Gasteiger partial charge in [-0.2, -0.15) is 0 Å². The third-order valence-electron chi connectivity index (χ3n) is 5.97. The van der Waals surface area contributed by atoms with Crippen molar-refractivity contribution in [3.8, 4) is 0 Å². The summed E-state index contributed by atoms with van der Waals surface area (Å²) in [5, 5.41) is 0. The summed E-state index contributed by atoms with van der Waals surface area (Å²) in [5.41, 5.74) is 0.911. The average Bonchev–Trinajstić information content (AvgIpc) is 3.11. The molecule has 2 amide bonds. The molecule has 1 atom stereocenters. The van der Waals surface area contributed by atoms with Crippen LogP contribution in [0.4, 0.5) is 0 Å². The van der Waals surface area contributed by atoms with Gasteiger partial charge in [-0.1, -0.05) is 0 Å². The maximum atomic E-state index is 13.6. The van der Waals surface area contributed by atoms with Gasteiger partial charge >= 0.3 is 192 Å². The molecule has 1 unspecified atom stereocenters. The second-order valence-corrected chi connectivity index (χ2v) is 20.1. The van der Waals surface area contributed by atoms with Gasteiger partial charge in [-0.15, -0.1) is 0 Å². The molecule has 0 aromatic heterocycles. The van der Waals surface area contributed by atoms with Crippen LogP contribution in [0.15, 0.2) is 42.5 Å². The number of rotatable bonds is 14. The van der Waals surface area contributed by atoms with E-state index in [1.165, 1.54) is 12.2 Å². The molecule has 6 heteroatoms. The molecule has 0 bridgehead atoms. The van der Waals surface area contributed by atoms with Crippen LogP contribution >= 0.6 is 0 Å². The number of carbonyl (C=O) groups is 3. The van der Waals surface area contributed by atoms with Crippen LogP contribution in [0.3, 0.4) is 0 Å². The van der Waals surface area contributed by atoms with E-state index in [0.29, 0.717) is 0 Å². The quantitative estimate of drug-likeness (QED) is 0.237. The molecular weight excluding hydrogens is 497 g/mol. The van der Waals surface area contributed by atoms with Crippen molar-refractivity contribution in [2.75, 3.05) is 0 Å². The molecule has 170 valence electrons. The van der Waals surface area contributed by atoms with E-state index in [4.69, 9.17) is 3.07 Å². The number of amides is 2. The Labute approximate surface area is 191 Å². The van der Waals surface area contributed by atoms with E-state index in [1.807, 2.05) is 30.3 Å². The summed E-state index contributed by atoms with van der Waals surface area (Å²) in [4.78, 5) is 39.5. The summed E-state index contributed by atoms with van der Waals surface area (Å²) < 4.78 is 9.55. The zero-order valence-electron chi connectivity index (χ0n) is 19.3. The Morgan fingerprint density at radius 1 is 0.871 bits per heavy atom. The van der Waals surface area contributed by atoms with Crippen LogP contribution in [0, 0.1) is 0 Å². The summed E-state index contributed by atoms with van der Waals surface area (Å²) in [6.07, 6.45) is 9.23. The fourth-order valence-corrected chi connectivity index (χ4v) is 17.3. The van der Waals surface area contributed by atoms with Crippen molar-refractivity contribution in [1.29, 1.82) is 0 Å². The molecule has 1 aromatic rings. The molecular formula is C25H37NO4Sn. The van der Waals surface area contributed by atoms with Crippen LogP contribution in [0.25, 0.3) is 0 Å². The molecule has 31 heavy (non-hydrogen) atoms. The van der Waals surface area contributed by atoms with Gasteiger partial charge in [-0.3, -0.25) is 0 Å². The number of hydrogen-bond donors (Lipinski definition) is 0. The van der Waals surface area contributed by atoms with Crippen LogP contribution in [0.5, 0.6) is 0 Å². The Balaban J connectivity index is 2.32. The van der Waals surface area contributed by atoms with E-state index < -0.39 is 36.6 Å². The first-order valence-electron chi connectivity index (χ1n) is 11.8. The van der Waals surface area contributed by atoms with E-state index >= 15 is 0 Å². The van der Waals surface area contributed by atoms with E-state index in [1.54, 1.807) is 0 Å². The van der Waals surface area contributed by atoms with Crippen molar-refractivity contribution in [1.82, 2.24) is 4.90 Å². The normalized spacial score (nSPS) is 14.9. The number of benzene rings is 1. The van der Waals surface area contributed by atoms with E-state index in [0.717, 1.165) is 62.3 Å². The third kappa shape index (κ3) is 7.48. The molecule has 2 rings (SSSR count). The predicted octanol–water partition coefficient (Wildman–Crippen LogP) is 5.41. The first-order chi connectivity index (χ1) is 15.0. The maximum absolute atomic E-state index is 13.6. The third-order valence-corrected chi connectivity index (χ3v) is 18.6. The van der Waals surface area contributed by atoms with Crippen molar-refractivity contribution >= 4 is 36.6 Å². The van der Waals surface area contributed by atoms with Gasteiger partial charge in [0.25, 0.3) is 0 Å². The van der Waals surface area contributed by atoms with Gasteiger partial charge in [0.15, 0.2) is 0 Å². The molecule has 1 aliphatic heterocycles. The Hall–Kier alpha value is -1.63. The Bertz CT molecular complexity index is 722. The van der Waals surface area contributed by atoms with Crippen LogP contribution in [0.1, 0.15) is 64.9 Å². The molecule has 1 aliphatic rings. The molecule has 0 aliphatic carbocycles. The van der Waals surface area contributed by atoms with Crippen LogP contribution < -0.4 is 0 Å². The topological polar surface area (TPSA) is 63.7 Å². The molecule has 1 aromatic carbocycles. The second-order valence-electron chi connectivity index (χ2n) is 8.50. The summed E-state index contributed by atoms with van der Waals surface area (Å²) >= 11 is -3.23. The SMILES string of the molecule is CCC[CH2][Sn]([CH2]CCC)([CH2]CCC)[O]C(=O)C(Cc1ccccc1)N1C(=O)C=CC1=O. The van der Waals surface area contributed by atoms with Gasteiger partial charge in [-0.25, -0.2) is 0 Å². The number of unbranched alkanes of at least 4 members (excludes halogenated alkanes) is 3. The van der Waals surface area contributed by atoms with Crippen molar-refractivity contribution in [3.63, 3.8) is 0 Å². The van der Waals surface area contributed by atoms with Gasteiger partial charge in [0.2, 0.25) is 0 Å². The molecule has 0 fully saturated rings. The fourth-order valence-electron chi connectivity index (χ4n) is 4.14. The minimum absolute atomic E-state index is 0.288. The monoisotopic (exact) mass is 535 g/mol. The standard InChI is InChI=1S/C13H11NO4.3C4H9.Sn/c15-11-6-7-12(16)14(11)10(13(17)18)8-9-4-2-1-3-5-9;3*1-3-4-2;/h1-7,10H,8H2,(H,17,18);3*1,3-4H2,2H3;/q;;;;+1/p-1. The zero-order chi connectivity index (χ0) is 22.7. The summed E-state index contributed by atoms with van der Waals surface area (Å²) in [5.74, 6) is -1.24. The first-order valence-corrected chi connectivity index (χ1v) is 19.0. The van der Waals surface area contributed by atoms with Gasteiger partial charge in [0.05, 0.1) is 0 Å². The van der Waals surface area contributed by atoms with E-state index in [-0.39, 0.29) is 12.4 Å². The molecule has 0 saturated carbocycles. The van der Waals surface area contributed by atoms with Crippen LogP contribution in [-0.2, 0) is 23.9 Å². The summed E-state index contributed by atoms with van der Waals surface area (Å²) in [6.45, 7) is 6.51. The van der Waals surface area contributed by atoms with Crippen LogP contribution in [-0.4, -0.2) is 47.5 Å². The number of hydrogen-bond acceptors (Lipinski definition) is 4. The Morgan fingerprint density at radius 2 is 1.35 bits per heavy atom. The number of nitrogens with zero attached hydrogens (tertiary/aromatic N) is 1. The molecule has 0 N–H and O–H groups in total. The van der Waals surface area contributed by atoms with Crippen molar-refractivity contribution in [3.05, 3.63) is 48.0 Å². The fraction of sp³-hybridized carbons (Fsp3) is 0.560. The number of imide groups is 1. The van der Waals surface area contributed by atoms with Crippen LogP contribution in [0.2, 0.25) is 13.3 Å². The predicted molar refractivity (Wildman–Crippen MR) is 126 cm³/mol. The van der Waals surface area contributed by atoms with Gasteiger partial charge in [0.1, 0.15) is 0 Å². The van der Waals surface area contributed by atoms with Gasteiger partial charge in [-0.05, 0) is 0 Å². The Kier molecular flexibility index (Phi) is 10.8. The first kappa shape index (κ1) is 25.6. The van der Waals surface area contributed by atoms with Gasteiger partial charge < -0.3 is 0 Å². The van der Waals surface area contributed by atoms with Gasteiger partial charge in [0, 0.05) is 0 Å². The van der Waals surface area contributed by atoms with E-state index in [9.17, 15) is 14.4 Å². The van der Waals surface area contributed by atoms with Crippen molar-refractivity contribution in [2.24, 2.45) is 0 Å². The van der Waals surface area contributed by atoms with Crippen molar-refractivity contribution in [2.45, 2.75) is 85.1 Å². The Morgan fingerprint density at radius 3 is 1.81 bits per heavy atom. The second kappa shape index (κ2) is 13.0. The average molecular weight is 534 g/mol. The molecule has 1 heterocycles. The van der Waals surface area contributed by atoms with Crippen molar-refractivity contribution < 1.29 is 17.5 Å².